The van der Waals surface area contributed by atoms with Gasteiger partial charge in [-0.15, -0.1) is 0 Å². The molecule has 0 radical (unpaired) electrons. The van der Waals surface area contributed by atoms with Crippen molar-refractivity contribution in [3.8, 4) is 0 Å². The molecular weight excluding hydrogens is 305 g/mol. The van der Waals surface area contributed by atoms with Gasteiger partial charge in [0, 0.05) is 12.7 Å². The van der Waals surface area contributed by atoms with Crippen molar-refractivity contribution in [1.29, 1.82) is 0 Å². The van der Waals surface area contributed by atoms with E-state index in [2.05, 4.69) is 5.32 Å². The van der Waals surface area contributed by atoms with Crippen LogP contribution in [-0.2, 0) is 10.3 Å². The monoisotopic (exact) mass is 321 g/mol. The number of methoxy groups -OCH3 is 1. The van der Waals surface area contributed by atoms with Crippen LogP contribution < -0.4 is 5.32 Å². The van der Waals surface area contributed by atoms with Crippen molar-refractivity contribution < 1.29 is 13.9 Å². The zero-order valence-electron chi connectivity index (χ0n) is 12.4. The van der Waals surface area contributed by atoms with E-state index in [9.17, 15) is 9.18 Å². The lowest BCUT2D eigenvalue weighted by Gasteiger charge is -2.29. The fourth-order valence-electron chi connectivity index (χ4n) is 2.16. The van der Waals surface area contributed by atoms with Gasteiger partial charge in [0.15, 0.2) is 0 Å². The minimum atomic E-state index is -0.970. The summed E-state index contributed by atoms with van der Waals surface area (Å²) in [5, 5.41) is 3.11. The van der Waals surface area contributed by atoms with Crippen molar-refractivity contribution in [2.75, 3.05) is 13.7 Å². The Kier molecular flexibility index (Phi) is 5.16. The predicted molar refractivity (Wildman–Crippen MR) is 84.5 cm³/mol. The van der Waals surface area contributed by atoms with Gasteiger partial charge in [0.1, 0.15) is 11.4 Å². The molecule has 1 amide bonds. The van der Waals surface area contributed by atoms with Crippen molar-refractivity contribution in [2.24, 2.45) is 0 Å². The van der Waals surface area contributed by atoms with E-state index in [1.54, 1.807) is 49.4 Å². The van der Waals surface area contributed by atoms with Crippen molar-refractivity contribution >= 4 is 17.5 Å². The van der Waals surface area contributed by atoms with Crippen LogP contribution in [0.4, 0.5) is 4.39 Å². The molecule has 3 nitrogen and oxygen atoms in total. The highest BCUT2D eigenvalue weighted by molar-refractivity contribution is 6.33. The number of ether oxygens (including phenoxy) is 1. The lowest BCUT2D eigenvalue weighted by molar-refractivity contribution is 0.000389. The Balaban J connectivity index is 2.16. The van der Waals surface area contributed by atoms with E-state index < -0.39 is 5.60 Å². The van der Waals surface area contributed by atoms with Gasteiger partial charge in [0.25, 0.3) is 5.91 Å². The third-order valence-electron chi connectivity index (χ3n) is 3.60. The molecule has 0 spiro atoms. The van der Waals surface area contributed by atoms with Crippen LogP contribution in [0.5, 0.6) is 0 Å². The van der Waals surface area contributed by atoms with Crippen molar-refractivity contribution in [2.45, 2.75) is 12.5 Å². The summed E-state index contributed by atoms with van der Waals surface area (Å²) in [4.78, 5) is 12.2. The highest BCUT2D eigenvalue weighted by atomic mass is 35.5. The minimum absolute atomic E-state index is 0.120. The van der Waals surface area contributed by atoms with Crippen LogP contribution in [0.2, 0.25) is 5.02 Å². The van der Waals surface area contributed by atoms with Gasteiger partial charge in [-0.25, -0.2) is 4.39 Å². The second-order valence-corrected chi connectivity index (χ2v) is 5.48. The number of hydrogen-bond acceptors (Lipinski definition) is 2. The molecule has 2 aromatic carbocycles. The van der Waals surface area contributed by atoms with Crippen LogP contribution in [0.15, 0.2) is 48.5 Å². The van der Waals surface area contributed by atoms with Gasteiger partial charge >= 0.3 is 0 Å². The SMILES string of the molecule is CO[C@@](C)(CNC(=O)c1ccccc1Cl)c1ccccc1F. The van der Waals surface area contributed by atoms with Crippen molar-refractivity contribution in [3.05, 3.63) is 70.5 Å². The quantitative estimate of drug-likeness (QED) is 0.910. The first-order chi connectivity index (χ1) is 10.5. The average molecular weight is 322 g/mol. The Morgan fingerprint density at radius 1 is 1.23 bits per heavy atom. The van der Waals surface area contributed by atoms with Gasteiger partial charge < -0.3 is 10.1 Å². The van der Waals surface area contributed by atoms with Gasteiger partial charge in [0.2, 0.25) is 0 Å². The van der Waals surface area contributed by atoms with Gasteiger partial charge in [-0.3, -0.25) is 4.79 Å². The topological polar surface area (TPSA) is 38.3 Å². The van der Waals surface area contributed by atoms with E-state index >= 15 is 0 Å². The molecule has 22 heavy (non-hydrogen) atoms. The molecule has 0 saturated heterocycles. The van der Waals surface area contributed by atoms with E-state index in [-0.39, 0.29) is 18.3 Å². The second kappa shape index (κ2) is 6.90. The maximum Gasteiger partial charge on any atom is 0.252 e. The van der Waals surface area contributed by atoms with Crippen LogP contribution in [0.3, 0.4) is 0 Å². The molecule has 0 aromatic heterocycles. The van der Waals surface area contributed by atoms with Gasteiger partial charge in [-0.1, -0.05) is 41.9 Å². The van der Waals surface area contributed by atoms with Crippen molar-refractivity contribution in [3.63, 3.8) is 0 Å². The van der Waals surface area contributed by atoms with Crippen LogP contribution in [0.1, 0.15) is 22.8 Å². The third-order valence-corrected chi connectivity index (χ3v) is 3.93. The van der Waals surface area contributed by atoms with Crippen LogP contribution in [0.25, 0.3) is 0 Å². The number of carbonyl (C=O) groups is 1. The van der Waals surface area contributed by atoms with Gasteiger partial charge in [-0.05, 0) is 25.1 Å². The number of benzene rings is 2. The first-order valence-electron chi connectivity index (χ1n) is 6.81. The van der Waals surface area contributed by atoms with Crippen LogP contribution >= 0.6 is 11.6 Å². The molecule has 0 fully saturated rings. The highest BCUT2D eigenvalue weighted by Gasteiger charge is 2.30. The molecule has 2 aromatic rings. The summed E-state index contributed by atoms with van der Waals surface area (Å²) in [6, 6.07) is 13.1. The van der Waals surface area contributed by atoms with E-state index in [0.717, 1.165) is 0 Å². The van der Waals surface area contributed by atoms with Crippen molar-refractivity contribution in [1.82, 2.24) is 5.32 Å². The predicted octanol–water partition coefficient (Wildman–Crippen LogP) is 3.77. The lowest BCUT2D eigenvalue weighted by Crippen LogP contribution is -2.40. The molecule has 5 heteroatoms. The minimum Gasteiger partial charge on any atom is -0.372 e. The molecule has 116 valence electrons. The Hall–Kier alpha value is -1.91. The number of nitrogens with one attached hydrogen (secondary N) is 1. The van der Waals surface area contributed by atoms with E-state index in [0.29, 0.717) is 16.1 Å². The zero-order chi connectivity index (χ0) is 16.2. The first kappa shape index (κ1) is 16.5. The molecule has 0 aliphatic heterocycles. The Morgan fingerprint density at radius 3 is 2.50 bits per heavy atom. The number of rotatable bonds is 5. The number of amides is 1. The Bertz CT molecular complexity index is 677. The standard InChI is InChI=1S/C17H17ClFNO2/c1-17(22-2,13-8-4-6-10-15(13)19)11-20-16(21)12-7-3-5-9-14(12)18/h3-10H,11H2,1-2H3,(H,20,21)/t17-/m0/s1. The number of carbonyl (C=O) groups excluding carboxylic acids is 1. The van der Waals surface area contributed by atoms with E-state index in [1.165, 1.54) is 13.2 Å². The normalized spacial score (nSPS) is 13.5. The summed E-state index contributed by atoms with van der Waals surface area (Å²) in [7, 11) is 1.48. The smallest absolute Gasteiger partial charge is 0.252 e. The van der Waals surface area contributed by atoms with Gasteiger partial charge in [0.05, 0.1) is 17.1 Å². The molecule has 0 unspecified atom stereocenters. The fourth-order valence-corrected chi connectivity index (χ4v) is 2.38. The summed E-state index contributed by atoms with van der Waals surface area (Å²) in [5.74, 6) is -0.705. The lowest BCUT2D eigenvalue weighted by atomic mass is 9.95. The molecule has 0 heterocycles. The Morgan fingerprint density at radius 2 is 1.86 bits per heavy atom. The molecule has 1 atom stereocenters. The summed E-state index contributed by atoms with van der Waals surface area (Å²) in [6.45, 7) is 1.84. The molecule has 2 rings (SSSR count). The summed E-state index contributed by atoms with van der Waals surface area (Å²) >= 11 is 5.99. The molecule has 0 aliphatic carbocycles. The van der Waals surface area contributed by atoms with Crippen LogP contribution in [-0.4, -0.2) is 19.6 Å². The summed E-state index contributed by atoms with van der Waals surface area (Å²) in [6.07, 6.45) is 0. The maximum atomic E-state index is 14.0. The zero-order valence-corrected chi connectivity index (χ0v) is 13.2. The van der Waals surface area contributed by atoms with E-state index in [1.807, 2.05) is 0 Å². The number of hydrogen-bond donors (Lipinski definition) is 1. The summed E-state index contributed by atoms with van der Waals surface area (Å²) in [5.41, 5.74) is -0.212. The first-order valence-corrected chi connectivity index (χ1v) is 7.18. The molecule has 0 bridgehead atoms. The summed E-state index contributed by atoms with van der Waals surface area (Å²) < 4.78 is 19.4. The molecule has 0 saturated carbocycles. The van der Waals surface area contributed by atoms with E-state index in [4.69, 9.17) is 16.3 Å². The van der Waals surface area contributed by atoms with Crippen LogP contribution in [0, 0.1) is 5.82 Å². The average Bonchev–Trinajstić information content (AvgIpc) is 2.53. The fraction of sp³-hybridized carbons (Fsp3) is 0.235. The largest absolute Gasteiger partial charge is 0.372 e. The third kappa shape index (κ3) is 3.46. The second-order valence-electron chi connectivity index (χ2n) is 5.08. The maximum absolute atomic E-state index is 14.0. The highest BCUT2D eigenvalue weighted by Crippen LogP contribution is 2.26. The number of halogens is 2. The molecular formula is C17H17ClFNO2. The van der Waals surface area contributed by atoms with Gasteiger partial charge in [-0.2, -0.15) is 0 Å². The molecule has 1 N–H and O–H groups in total. The Labute approximate surface area is 134 Å². The molecule has 0 aliphatic rings.